The average Bonchev–Trinajstić information content (AvgIpc) is 3.01. The first-order valence-electron chi connectivity index (χ1n) is 8.22. The van der Waals surface area contributed by atoms with Gasteiger partial charge in [-0.25, -0.2) is 0 Å². The maximum atomic E-state index is 12.9. The molecule has 25 heavy (non-hydrogen) atoms. The number of nitrogens with two attached hydrogens (primary N) is 1. The van der Waals surface area contributed by atoms with Crippen LogP contribution in [0.5, 0.6) is 0 Å². The van der Waals surface area contributed by atoms with Crippen LogP contribution in [-0.2, 0) is 11.8 Å². The van der Waals surface area contributed by atoms with Crippen molar-refractivity contribution in [2.24, 2.45) is 12.8 Å². The van der Waals surface area contributed by atoms with Crippen molar-refractivity contribution in [1.29, 1.82) is 0 Å². The van der Waals surface area contributed by atoms with Crippen LogP contribution in [0.3, 0.4) is 0 Å². The number of carbonyl (C=O) groups is 2. The third-order valence-electron chi connectivity index (χ3n) is 5.11. The number of rotatable bonds is 3. The molecule has 126 valence electrons. The van der Waals surface area contributed by atoms with E-state index in [1.807, 2.05) is 50.4 Å². The fourth-order valence-corrected chi connectivity index (χ4v) is 3.91. The number of carbonyl (C=O) groups excluding carboxylic acids is 2. The van der Waals surface area contributed by atoms with Gasteiger partial charge in [-0.3, -0.25) is 9.59 Å². The fourth-order valence-electron chi connectivity index (χ4n) is 3.91. The van der Waals surface area contributed by atoms with Gasteiger partial charge >= 0.3 is 0 Å². The number of fused-ring (bicyclic) bond motifs is 2. The molecule has 0 radical (unpaired) electrons. The first-order valence-corrected chi connectivity index (χ1v) is 8.22. The van der Waals surface area contributed by atoms with Crippen molar-refractivity contribution < 1.29 is 9.59 Å². The van der Waals surface area contributed by atoms with Crippen LogP contribution in [0.25, 0.3) is 10.9 Å². The van der Waals surface area contributed by atoms with Gasteiger partial charge in [0.2, 0.25) is 5.91 Å². The van der Waals surface area contributed by atoms with Gasteiger partial charge in [-0.2, -0.15) is 0 Å². The summed E-state index contributed by atoms with van der Waals surface area (Å²) >= 11 is 0. The molecule has 1 aromatic heterocycles. The van der Waals surface area contributed by atoms with E-state index in [1.54, 1.807) is 4.90 Å². The standard InChI is InChI=1S/C20H19N3O2/c1-12-18(15-9-5-6-10-16(15)22(12)2)19-13-7-3-4-8-14(13)20(25)23(19)11-17(21)24/h3-10,19H,11H2,1-2H3,(H2,21,24)/t19-/m0/s1. The summed E-state index contributed by atoms with van der Waals surface area (Å²) in [6.07, 6.45) is 0. The van der Waals surface area contributed by atoms with Gasteiger partial charge in [0.15, 0.2) is 0 Å². The van der Waals surface area contributed by atoms with Crippen molar-refractivity contribution in [3.63, 3.8) is 0 Å². The predicted molar refractivity (Wildman–Crippen MR) is 96.2 cm³/mol. The SMILES string of the molecule is Cc1c([C@@H]2c3ccccc3C(=O)N2CC(N)=O)c2ccccc2n1C. The molecule has 0 saturated heterocycles. The molecule has 2 N–H and O–H groups in total. The van der Waals surface area contributed by atoms with Crippen LogP contribution in [0.2, 0.25) is 0 Å². The van der Waals surface area contributed by atoms with Gasteiger partial charge in [0, 0.05) is 34.8 Å². The molecular weight excluding hydrogens is 314 g/mol. The Morgan fingerprint density at radius 3 is 2.56 bits per heavy atom. The van der Waals surface area contributed by atoms with E-state index in [-0.39, 0.29) is 18.5 Å². The molecule has 4 rings (SSSR count). The van der Waals surface area contributed by atoms with E-state index >= 15 is 0 Å². The monoisotopic (exact) mass is 333 g/mol. The van der Waals surface area contributed by atoms with Crippen molar-refractivity contribution >= 4 is 22.7 Å². The number of amides is 2. The van der Waals surface area contributed by atoms with Gasteiger partial charge in [-0.05, 0) is 24.6 Å². The Morgan fingerprint density at radius 1 is 1.12 bits per heavy atom. The Labute approximate surface area is 145 Å². The minimum atomic E-state index is -0.510. The lowest BCUT2D eigenvalue weighted by atomic mass is 9.95. The largest absolute Gasteiger partial charge is 0.368 e. The minimum absolute atomic E-state index is 0.0964. The van der Waals surface area contributed by atoms with Crippen molar-refractivity contribution in [3.05, 3.63) is 70.9 Å². The Bertz CT molecular complexity index is 1020. The van der Waals surface area contributed by atoms with Gasteiger partial charge < -0.3 is 15.2 Å². The van der Waals surface area contributed by atoms with Crippen LogP contribution in [0, 0.1) is 6.92 Å². The summed E-state index contributed by atoms with van der Waals surface area (Å²) in [5.41, 5.74) is 10.2. The third kappa shape index (κ3) is 2.16. The lowest BCUT2D eigenvalue weighted by Crippen LogP contribution is -2.37. The molecule has 0 saturated carbocycles. The molecule has 3 aromatic rings. The zero-order valence-electron chi connectivity index (χ0n) is 14.2. The zero-order valence-corrected chi connectivity index (χ0v) is 14.2. The van der Waals surface area contributed by atoms with Gasteiger partial charge in [0.25, 0.3) is 5.91 Å². The normalized spacial score (nSPS) is 16.5. The predicted octanol–water partition coefficient (Wildman–Crippen LogP) is 2.52. The first kappa shape index (κ1) is 15.4. The van der Waals surface area contributed by atoms with E-state index in [1.165, 1.54) is 0 Å². The number of hydrogen-bond acceptors (Lipinski definition) is 2. The Kier molecular flexibility index (Phi) is 3.39. The Balaban J connectivity index is 2.01. The summed E-state index contributed by atoms with van der Waals surface area (Å²) in [7, 11) is 2.02. The molecule has 5 nitrogen and oxygen atoms in total. The highest BCUT2D eigenvalue weighted by molar-refractivity contribution is 6.02. The summed E-state index contributed by atoms with van der Waals surface area (Å²) in [6.45, 7) is 1.95. The highest BCUT2D eigenvalue weighted by Gasteiger charge is 2.40. The minimum Gasteiger partial charge on any atom is -0.368 e. The number of primary amides is 1. The van der Waals surface area contributed by atoms with E-state index in [9.17, 15) is 9.59 Å². The van der Waals surface area contributed by atoms with E-state index in [0.29, 0.717) is 5.56 Å². The van der Waals surface area contributed by atoms with Crippen molar-refractivity contribution in [1.82, 2.24) is 9.47 Å². The van der Waals surface area contributed by atoms with Gasteiger partial charge in [0.05, 0.1) is 6.04 Å². The molecule has 1 atom stereocenters. The van der Waals surface area contributed by atoms with E-state index in [2.05, 4.69) is 16.7 Å². The smallest absolute Gasteiger partial charge is 0.255 e. The van der Waals surface area contributed by atoms with Crippen molar-refractivity contribution in [3.8, 4) is 0 Å². The highest BCUT2D eigenvalue weighted by atomic mass is 16.2. The third-order valence-corrected chi connectivity index (χ3v) is 5.11. The summed E-state index contributed by atoms with van der Waals surface area (Å²) in [4.78, 5) is 26.1. The number of benzene rings is 2. The quantitative estimate of drug-likeness (QED) is 0.800. The van der Waals surface area contributed by atoms with Crippen molar-refractivity contribution in [2.45, 2.75) is 13.0 Å². The molecule has 1 aliphatic rings. The molecule has 0 unspecified atom stereocenters. The topological polar surface area (TPSA) is 68.3 Å². The maximum absolute atomic E-state index is 12.9. The molecule has 2 amide bonds. The zero-order chi connectivity index (χ0) is 17.7. The number of aryl methyl sites for hydroxylation is 1. The summed E-state index contributed by atoms with van der Waals surface area (Å²) in [5, 5.41) is 1.09. The molecular formula is C20H19N3O2. The fraction of sp³-hybridized carbons (Fsp3) is 0.200. The second kappa shape index (κ2) is 5.48. The van der Waals surface area contributed by atoms with Crippen LogP contribution in [0.1, 0.15) is 33.2 Å². The number of nitrogens with zero attached hydrogens (tertiary/aromatic N) is 2. The first-order chi connectivity index (χ1) is 12.0. The maximum Gasteiger partial charge on any atom is 0.255 e. The van der Waals surface area contributed by atoms with E-state index in [0.717, 1.165) is 27.7 Å². The summed E-state index contributed by atoms with van der Waals surface area (Å²) in [6, 6.07) is 15.4. The van der Waals surface area contributed by atoms with E-state index in [4.69, 9.17) is 5.73 Å². The molecule has 5 heteroatoms. The number of aromatic nitrogens is 1. The lowest BCUT2D eigenvalue weighted by Gasteiger charge is -2.25. The Hall–Kier alpha value is -3.08. The molecule has 0 bridgehead atoms. The molecule has 2 aromatic carbocycles. The van der Waals surface area contributed by atoms with Crippen LogP contribution < -0.4 is 5.73 Å². The van der Waals surface area contributed by atoms with Crippen molar-refractivity contribution in [2.75, 3.05) is 6.54 Å². The molecule has 0 aliphatic carbocycles. The molecule has 0 fully saturated rings. The lowest BCUT2D eigenvalue weighted by molar-refractivity contribution is -0.118. The van der Waals surface area contributed by atoms with Gasteiger partial charge in [-0.1, -0.05) is 36.4 Å². The van der Waals surface area contributed by atoms with Crippen LogP contribution in [-0.4, -0.2) is 27.8 Å². The summed E-state index contributed by atoms with van der Waals surface area (Å²) in [5.74, 6) is -0.657. The number of para-hydroxylation sites is 1. The van der Waals surface area contributed by atoms with Crippen LogP contribution in [0.15, 0.2) is 48.5 Å². The summed E-state index contributed by atoms with van der Waals surface area (Å²) < 4.78 is 2.12. The second-order valence-electron chi connectivity index (χ2n) is 6.46. The number of hydrogen-bond donors (Lipinski definition) is 1. The second-order valence-corrected chi connectivity index (χ2v) is 6.46. The van der Waals surface area contributed by atoms with Crippen LogP contribution in [0.4, 0.5) is 0 Å². The van der Waals surface area contributed by atoms with Gasteiger partial charge in [0.1, 0.15) is 6.54 Å². The molecule has 0 spiro atoms. The molecule has 1 aliphatic heterocycles. The average molecular weight is 333 g/mol. The van der Waals surface area contributed by atoms with Crippen LogP contribution >= 0.6 is 0 Å². The highest BCUT2D eigenvalue weighted by Crippen LogP contribution is 2.43. The Morgan fingerprint density at radius 2 is 1.80 bits per heavy atom. The molecule has 2 heterocycles. The van der Waals surface area contributed by atoms with Gasteiger partial charge in [-0.15, -0.1) is 0 Å². The van der Waals surface area contributed by atoms with E-state index < -0.39 is 5.91 Å².